The maximum atomic E-state index is 12.5. The highest BCUT2D eigenvalue weighted by Gasteiger charge is 2.22. The molecule has 0 saturated carbocycles. The van der Waals surface area contributed by atoms with E-state index in [9.17, 15) is 13.2 Å². The molecule has 0 bridgehead atoms. The van der Waals surface area contributed by atoms with Crippen LogP contribution in [0.4, 0.5) is 5.69 Å². The molecule has 2 aromatic rings. The summed E-state index contributed by atoms with van der Waals surface area (Å²) in [5.41, 5.74) is 1.29. The van der Waals surface area contributed by atoms with Gasteiger partial charge in [0.1, 0.15) is 19.8 Å². The molecule has 1 amide bonds. The van der Waals surface area contributed by atoms with Crippen LogP contribution in [0, 0.1) is 3.57 Å². The number of hydrogen-bond acceptors (Lipinski definition) is 5. The summed E-state index contributed by atoms with van der Waals surface area (Å²) in [5, 5.41) is 2.84. The molecule has 0 spiro atoms. The van der Waals surface area contributed by atoms with E-state index in [0.717, 1.165) is 19.7 Å². The van der Waals surface area contributed by atoms with Crippen molar-refractivity contribution in [3.63, 3.8) is 0 Å². The van der Waals surface area contributed by atoms with E-state index in [4.69, 9.17) is 9.47 Å². The Morgan fingerprint density at radius 1 is 1.14 bits per heavy atom. The normalized spacial score (nSPS) is 14.2. The van der Waals surface area contributed by atoms with Gasteiger partial charge >= 0.3 is 0 Å². The first-order chi connectivity index (χ1) is 13.2. The van der Waals surface area contributed by atoms with Crippen LogP contribution in [0.2, 0.25) is 0 Å². The van der Waals surface area contributed by atoms with Gasteiger partial charge in [0.25, 0.3) is 0 Å². The molecule has 0 radical (unpaired) electrons. The van der Waals surface area contributed by atoms with Gasteiger partial charge in [0.15, 0.2) is 11.5 Å². The molecule has 1 unspecified atom stereocenters. The van der Waals surface area contributed by atoms with E-state index in [1.54, 1.807) is 30.3 Å². The van der Waals surface area contributed by atoms with Crippen molar-refractivity contribution in [3.8, 4) is 11.5 Å². The summed E-state index contributed by atoms with van der Waals surface area (Å²) >= 11 is 2.14. The van der Waals surface area contributed by atoms with E-state index in [-0.39, 0.29) is 12.6 Å². The number of carbonyl (C=O) groups is 1. The maximum Gasteiger partial charge on any atom is 0.241 e. The van der Waals surface area contributed by atoms with E-state index in [0.29, 0.717) is 30.4 Å². The Bertz CT molecular complexity index is 963. The van der Waals surface area contributed by atoms with Crippen LogP contribution in [-0.4, -0.2) is 40.3 Å². The monoisotopic (exact) mass is 516 g/mol. The van der Waals surface area contributed by atoms with E-state index in [1.165, 1.54) is 0 Å². The van der Waals surface area contributed by atoms with Crippen molar-refractivity contribution >= 4 is 44.2 Å². The Labute approximate surface area is 178 Å². The van der Waals surface area contributed by atoms with Crippen LogP contribution in [0.15, 0.2) is 42.5 Å². The Morgan fingerprint density at radius 3 is 2.43 bits per heavy atom. The number of hydrogen-bond donors (Lipinski definition) is 1. The number of sulfonamides is 1. The van der Waals surface area contributed by atoms with E-state index >= 15 is 0 Å². The lowest BCUT2D eigenvalue weighted by Crippen LogP contribution is -2.41. The molecule has 1 aliphatic rings. The zero-order chi connectivity index (χ0) is 20.3. The van der Waals surface area contributed by atoms with Crippen molar-refractivity contribution in [2.24, 2.45) is 0 Å². The van der Waals surface area contributed by atoms with Gasteiger partial charge in [-0.2, -0.15) is 0 Å². The van der Waals surface area contributed by atoms with Crippen molar-refractivity contribution in [1.82, 2.24) is 5.32 Å². The highest BCUT2D eigenvalue weighted by Crippen LogP contribution is 2.32. The number of ether oxygens (including phenoxy) is 2. The molecule has 1 heterocycles. The smallest absolute Gasteiger partial charge is 0.241 e. The summed E-state index contributed by atoms with van der Waals surface area (Å²) in [7, 11) is -3.60. The third-order valence-corrected chi connectivity index (χ3v) is 6.11. The number of fused-ring (bicyclic) bond motifs is 1. The molecule has 28 heavy (non-hydrogen) atoms. The maximum absolute atomic E-state index is 12.5. The first-order valence-electron chi connectivity index (χ1n) is 8.66. The van der Waals surface area contributed by atoms with Crippen molar-refractivity contribution < 1.29 is 22.7 Å². The average Bonchev–Trinajstić information content (AvgIpc) is 2.65. The summed E-state index contributed by atoms with van der Waals surface area (Å²) < 4.78 is 37.5. The fourth-order valence-corrected chi connectivity index (χ4v) is 4.05. The van der Waals surface area contributed by atoms with Gasteiger partial charge in [0, 0.05) is 3.57 Å². The quantitative estimate of drug-likeness (QED) is 0.598. The van der Waals surface area contributed by atoms with Crippen molar-refractivity contribution in [1.29, 1.82) is 0 Å². The fraction of sp³-hybridized carbons (Fsp3) is 0.316. The molecule has 0 aromatic heterocycles. The predicted molar refractivity (Wildman–Crippen MR) is 115 cm³/mol. The van der Waals surface area contributed by atoms with Gasteiger partial charge in [0.05, 0.1) is 18.0 Å². The highest BCUT2D eigenvalue weighted by molar-refractivity contribution is 14.1. The third-order valence-electron chi connectivity index (χ3n) is 4.25. The van der Waals surface area contributed by atoms with Crippen LogP contribution in [0.25, 0.3) is 0 Å². The molecule has 150 valence electrons. The van der Waals surface area contributed by atoms with Gasteiger partial charge in [-0.3, -0.25) is 9.10 Å². The Morgan fingerprint density at radius 2 is 1.79 bits per heavy atom. The molecule has 0 aliphatic carbocycles. The molecule has 9 heteroatoms. The lowest BCUT2D eigenvalue weighted by atomic mass is 10.1. The van der Waals surface area contributed by atoms with Crippen LogP contribution in [0.5, 0.6) is 11.5 Å². The molecular formula is C19H21IN2O5S. The number of benzene rings is 2. The Balaban J connectivity index is 1.71. The second-order valence-corrected chi connectivity index (χ2v) is 9.59. The minimum absolute atomic E-state index is 0.297. The number of nitrogens with zero attached hydrogens (tertiary/aromatic N) is 1. The third kappa shape index (κ3) is 5.07. The van der Waals surface area contributed by atoms with Crippen molar-refractivity contribution in [3.05, 3.63) is 51.6 Å². The summed E-state index contributed by atoms with van der Waals surface area (Å²) in [4.78, 5) is 12.5. The summed E-state index contributed by atoms with van der Waals surface area (Å²) in [5.74, 6) is 0.920. The van der Waals surface area contributed by atoms with Gasteiger partial charge in [-0.1, -0.05) is 6.07 Å². The average molecular weight is 516 g/mol. The molecule has 7 nitrogen and oxygen atoms in total. The molecule has 3 rings (SSSR count). The van der Waals surface area contributed by atoms with Gasteiger partial charge in [-0.05, 0) is 71.5 Å². The van der Waals surface area contributed by atoms with E-state index in [2.05, 4.69) is 27.9 Å². The molecule has 0 saturated heterocycles. The number of halogens is 1. The molecule has 1 aliphatic heterocycles. The lowest BCUT2D eigenvalue weighted by molar-refractivity contribution is -0.120. The molecule has 0 fully saturated rings. The standard InChI is InChI=1S/C19H21IN2O5S/c1-13(14-3-8-17-18(11-14)27-10-9-26-17)21-19(23)12-22(28(2,24)25)16-6-4-15(20)5-7-16/h3-8,11,13H,9-10,12H2,1-2H3,(H,21,23). The number of nitrogens with one attached hydrogen (secondary N) is 1. The van der Waals surface area contributed by atoms with Gasteiger partial charge in [0.2, 0.25) is 15.9 Å². The van der Waals surface area contributed by atoms with Crippen LogP contribution in [0.1, 0.15) is 18.5 Å². The first kappa shape index (κ1) is 20.7. The fourth-order valence-electron chi connectivity index (χ4n) is 2.84. The number of anilines is 1. The lowest BCUT2D eigenvalue weighted by Gasteiger charge is -2.24. The van der Waals surface area contributed by atoms with Gasteiger partial charge in [-0.25, -0.2) is 8.42 Å². The van der Waals surface area contributed by atoms with Gasteiger partial charge < -0.3 is 14.8 Å². The summed E-state index contributed by atoms with van der Waals surface area (Å²) in [6.45, 7) is 2.53. The largest absolute Gasteiger partial charge is 0.486 e. The molecule has 1 atom stereocenters. The topological polar surface area (TPSA) is 84.9 Å². The summed E-state index contributed by atoms with van der Waals surface area (Å²) in [6.07, 6.45) is 1.09. The van der Waals surface area contributed by atoms with Crippen molar-refractivity contribution in [2.75, 3.05) is 30.3 Å². The number of carbonyl (C=O) groups excluding carboxylic acids is 1. The van der Waals surface area contributed by atoms with E-state index in [1.807, 2.05) is 19.1 Å². The van der Waals surface area contributed by atoms with Gasteiger partial charge in [-0.15, -0.1) is 0 Å². The second-order valence-electron chi connectivity index (χ2n) is 6.44. The minimum atomic E-state index is -3.60. The zero-order valence-electron chi connectivity index (χ0n) is 15.5. The summed E-state index contributed by atoms with van der Waals surface area (Å²) in [6, 6.07) is 12.1. The molecular weight excluding hydrogens is 495 g/mol. The van der Waals surface area contributed by atoms with Crippen LogP contribution in [0.3, 0.4) is 0 Å². The number of amides is 1. The Kier molecular flexibility index (Phi) is 6.33. The van der Waals surface area contributed by atoms with E-state index < -0.39 is 15.9 Å². The Hall–Kier alpha value is -2.01. The SMILES string of the molecule is CC(NC(=O)CN(c1ccc(I)cc1)S(C)(=O)=O)c1ccc2c(c1)OCCO2. The zero-order valence-corrected chi connectivity index (χ0v) is 18.5. The van der Waals surface area contributed by atoms with Crippen LogP contribution < -0.4 is 19.1 Å². The van der Waals surface area contributed by atoms with Crippen LogP contribution in [-0.2, 0) is 14.8 Å². The first-order valence-corrected chi connectivity index (χ1v) is 11.6. The minimum Gasteiger partial charge on any atom is -0.486 e. The number of rotatable bonds is 6. The van der Waals surface area contributed by atoms with Crippen molar-refractivity contribution in [2.45, 2.75) is 13.0 Å². The van der Waals surface area contributed by atoms with Crippen LogP contribution >= 0.6 is 22.6 Å². The predicted octanol–water partition coefficient (Wildman–Crippen LogP) is 2.71. The molecule has 2 aromatic carbocycles. The highest BCUT2D eigenvalue weighted by atomic mass is 127. The molecule has 1 N–H and O–H groups in total. The second kappa shape index (κ2) is 8.56.